The smallest absolute Gasteiger partial charge is 0.242 e. The van der Waals surface area contributed by atoms with E-state index in [9.17, 15) is 13.5 Å². The predicted octanol–water partition coefficient (Wildman–Crippen LogP) is 1.83. The number of aliphatic hydroxyl groups is 1. The average molecular weight is 313 g/mol. The fourth-order valence-corrected chi connectivity index (χ4v) is 2.82. The molecule has 0 saturated heterocycles. The van der Waals surface area contributed by atoms with Crippen LogP contribution in [0.5, 0.6) is 0 Å². The highest BCUT2D eigenvalue weighted by Gasteiger charge is 2.30. The van der Waals surface area contributed by atoms with E-state index in [0.717, 1.165) is 6.20 Å². The molecule has 1 unspecified atom stereocenters. The van der Waals surface area contributed by atoms with Gasteiger partial charge in [0.25, 0.3) is 0 Å². The SMILES string of the molecule is CC(O)C(C)(C)NS(=O)(=O)c1cnc(Cl)c(Cl)c1. The summed E-state index contributed by atoms with van der Waals surface area (Å²) >= 11 is 11.3. The maximum atomic E-state index is 12.1. The van der Waals surface area contributed by atoms with Crippen molar-refractivity contribution >= 4 is 33.2 Å². The molecule has 0 aliphatic heterocycles. The van der Waals surface area contributed by atoms with Crippen molar-refractivity contribution in [1.82, 2.24) is 9.71 Å². The van der Waals surface area contributed by atoms with Crippen LogP contribution >= 0.6 is 23.2 Å². The van der Waals surface area contributed by atoms with Gasteiger partial charge >= 0.3 is 0 Å². The van der Waals surface area contributed by atoms with E-state index in [0.29, 0.717) is 0 Å². The molecule has 0 aliphatic carbocycles. The van der Waals surface area contributed by atoms with Gasteiger partial charge in [-0.15, -0.1) is 0 Å². The van der Waals surface area contributed by atoms with Crippen molar-refractivity contribution in [2.24, 2.45) is 0 Å². The lowest BCUT2D eigenvalue weighted by Crippen LogP contribution is -2.50. The molecule has 0 amide bonds. The van der Waals surface area contributed by atoms with Crippen molar-refractivity contribution in [3.63, 3.8) is 0 Å². The average Bonchev–Trinajstić information content (AvgIpc) is 2.20. The van der Waals surface area contributed by atoms with Gasteiger partial charge in [-0.25, -0.2) is 18.1 Å². The largest absolute Gasteiger partial charge is 0.391 e. The topological polar surface area (TPSA) is 79.3 Å². The molecule has 0 radical (unpaired) electrons. The van der Waals surface area contributed by atoms with E-state index in [1.807, 2.05) is 0 Å². The highest BCUT2D eigenvalue weighted by atomic mass is 35.5. The van der Waals surface area contributed by atoms with Crippen molar-refractivity contribution in [2.45, 2.75) is 37.3 Å². The third-order valence-electron chi connectivity index (χ3n) is 2.52. The monoisotopic (exact) mass is 312 g/mol. The van der Waals surface area contributed by atoms with Crippen LogP contribution in [0.2, 0.25) is 10.2 Å². The first-order chi connectivity index (χ1) is 8.06. The van der Waals surface area contributed by atoms with E-state index < -0.39 is 21.7 Å². The minimum absolute atomic E-state index is 0.0328. The molecule has 0 spiro atoms. The van der Waals surface area contributed by atoms with E-state index in [1.165, 1.54) is 13.0 Å². The van der Waals surface area contributed by atoms with Crippen LogP contribution in [0.25, 0.3) is 0 Å². The minimum atomic E-state index is -3.82. The lowest BCUT2D eigenvalue weighted by molar-refractivity contribution is 0.111. The number of nitrogens with zero attached hydrogens (tertiary/aromatic N) is 1. The Morgan fingerprint density at radius 3 is 2.44 bits per heavy atom. The minimum Gasteiger partial charge on any atom is -0.391 e. The highest BCUT2D eigenvalue weighted by Crippen LogP contribution is 2.23. The third kappa shape index (κ3) is 3.55. The molecule has 1 heterocycles. The van der Waals surface area contributed by atoms with Gasteiger partial charge in [0.15, 0.2) is 0 Å². The number of pyridine rings is 1. The molecule has 8 heteroatoms. The first kappa shape index (κ1) is 15.7. The van der Waals surface area contributed by atoms with E-state index in [2.05, 4.69) is 9.71 Å². The second-order valence-corrected chi connectivity index (χ2v) is 6.89. The summed E-state index contributed by atoms with van der Waals surface area (Å²) in [5, 5.41) is 9.58. The number of rotatable bonds is 4. The normalized spacial score (nSPS) is 14.6. The molecule has 1 aromatic heterocycles. The molecular weight excluding hydrogens is 299 g/mol. The Hall–Kier alpha value is -0.400. The van der Waals surface area contributed by atoms with Crippen LogP contribution < -0.4 is 4.72 Å². The standard InChI is InChI=1S/C10H14Cl2N2O3S/c1-6(15)10(2,3)14-18(16,17)7-4-8(11)9(12)13-5-7/h4-6,14-15H,1-3H3. The van der Waals surface area contributed by atoms with E-state index in [4.69, 9.17) is 23.2 Å². The molecule has 0 fully saturated rings. The summed E-state index contributed by atoms with van der Waals surface area (Å²) in [5.41, 5.74) is -1.01. The van der Waals surface area contributed by atoms with Crippen LogP contribution in [0, 0.1) is 0 Å². The number of nitrogens with one attached hydrogen (secondary N) is 1. The lowest BCUT2D eigenvalue weighted by atomic mass is 10.0. The van der Waals surface area contributed by atoms with Gasteiger partial charge in [0.1, 0.15) is 10.0 Å². The second-order valence-electron chi connectivity index (χ2n) is 4.45. The fraction of sp³-hybridized carbons (Fsp3) is 0.500. The van der Waals surface area contributed by atoms with Crippen LogP contribution in [0.15, 0.2) is 17.2 Å². The van der Waals surface area contributed by atoms with Crippen LogP contribution in [0.4, 0.5) is 0 Å². The summed E-state index contributed by atoms with van der Waals surface area (Å²) in [5.74, 6) is 0. The summed E-state index contributed by atoms with van der Waals surface area (Å²) in [6, 6.07) is 1.21. The van der Waals surface area contributed by atoms with Crippen LogP contribution in [-0.4, -0.2) is 30.2 Å². The number of aromatic nitrogens is 1. The zero-order chi connectivity index (χ0) is 14.1. The van der Waals surface area contributed by atoms with Crippen molar-refractivity contribution in [2.75, 3.05) is 0 Å². The molecule has 102 valence electrons. The second kappa shape index (κ2) is 5.30. The molecular formula is C10H14Cl2N2O3S. The molecule has 0 saturated carbocycles. The van der Waals surface area contributed by atoms with Crippen LogP contribution in [0.1, 0.15) is 20.8 Å². The van der Waals surface area contributed by atoms with Gasteiger partial charge in [0.2, 0.25) is 10.0 Å². The Bertz CT molecular complexity index is 544. The molecule has 0 aliphatic rings. The molecule has 1 rings (SSSR count). The summed E-state index contributed by atoms with van der Waals surface area (Å²) in [7, 11) is -3.82. The highest BCUT2D eigenvalue weighted by molar-refractivity contribution is 7.89. The zero-order valence-corrected chi connectivity index (χ0v) is 12.4. The van der Waals surface area contributed by atoms with Gasteiger partial charge in [-0.3, -0.25) is 0 Å². The number of aliphatic hydroxyl groups excluding tert-OH is 1. The molecule has 2 N–H and O–H groups in total. The van der Waals surface area contributed by atoms with Crippen molar-refractivity contribution < 1.29 is 13.5 Å². The summed E-state index contributed by atoms with van der Waals surface area (Å²) < 4.78 is 26.5. The van der Waals surface area contributed by atoms with Crippen LogP contribution in [0.3, 0.4) is 0 Å². The summed E-state index contributed by atoms with van der Waals surface area (Å²) in [6.45, 7) is 4.63. The van der Waals surface area contributed by atoms with Crippen LogP contribution in [-0.2, 0) is 10.0 Å². The molecule has 0 aromatic carbocycles. The summed E-state index contributed by atoms with van der Waals surface area (Å²) in [6.07, 6.45) is 0.247. The zero-order valence-electron chi connectivity index (χ0n) is 10.1. The number of hydrogen-bond acceptors (Lipinski definition) is 4. The number of sulfonamides is 1. The number of hydrogen-bond donors (Lipinski definition) is 2. The van der Waals surface area contributed by atoms with Gasteiger partial charge in [-0.1, -0.05) is 23.2 Å². The fourth-order valence-electron chi connectivity index (χ4n) is 1.04. The maximum absolute atomic E-state index is 12.1. The Morgan fingerprint density at radius 2 is 2.00 bits per heavy atom. The Labute approximate surface area is 116 Å². The molecule has 18 heavy (non-hydrogen) atoms. The summed E-state index contributed by atoms with van der Waals surface area (Å²) in [4.78, 5) is 3.57. The Balaban J connectivity index is 3.11. The molecule has 1 atom stereocenters. The van der Waals surface area contributed by atoms with E-state index in [1.54, 1.807) is 13.8 Å². The predicted molar refractivity (Wildman–Crippen MR) is 70.3 cm³/mol. The third-order valence-corrected chi connectivity index (χ3v) is 4.85. The van der Waals surface area contributed by atoms with Gasteiger partial charge in [0, 0.05) is 6.20 Å². The first-order valence-corrected chi connectivity index (χ1v) is 7.33. The quantitative estimate of drug-likeness (QED) is 0.831. The van der Waals surface area contributed by atoms with Crippen molar-refractivity contribution in [3.8, 4) is 0 Å². The van der Waals surface area contributed by atoms with Crippen molar-refractivity contribution in [1.29, 1.82) is 0 Å². The van der Waals surface area contributed by atoms with E-state index >= 15 is 0 Å². The lowest BCUT2D eigenvalue weighted by Gasteiger charge is -2.28. The van der Waals surface area contributed by atoms with Gasteiger partial charge in [0.05, 0.1) is 16.7 Å². The molecule has 1 aromatic rings. The van der Waals surface area contributed by atoms with Gasteiger partial charge in [-0.05, 0) is 26.8 Å². The molecule has 5 nitrogen and oxygen atoms in total. The van der Waals surface area contributed by atoms with Crippen molar-refractivity contribution in [3.05, 3.63) is 22.4 Å². The first-order valence-electron chi connectivity index (χ1n) is 5.09. The molecule has 0 bridgehead atoms. The van der Waals surface area contributed by atoms with Gasteiger partial charge in [-0.2, -0.15) is 0 Å². The Morgan fingerprint density at radius 1 is 1.44 bits per heavy atom. The Kier molecular flexibility index (Phi) is 4.61. The maximum Gasteiger partial charge on any atom is 0.242 e. The van der Waals surface area contributed by atoms with E-state index in [-0.39, 0.29) is 15.1 Å². The number of halogens is 2. The van der Waals surface area contributed by atoms with Gasteiger partial charge < -0.3 is 5.11 Å².